The lowest BCUT2D eigenvalue weighted by Crippen LogP contribution is -2.49. The molecule has 1 aliphatic heterocycles. The van der Waals surface area contributed by atoms with Gasteiger partial charge in [-0.1, -0.05) is 47.5 Å². The summed E-state index contributed by atoms with van der Waals surface area (Å²) in [6.07, 6.45) is 1.44. The van der Waals surface area contributed by atoms with Gasteiger partial charge in [-0.25, -0.2) is 0 Å². The molecular weight excluding hydrogens is 426 g/mol. The number of ether oxygens (including phenoxy) is 1. The van der Waals surface area contributed by atoms with Crippen molar-refractivity contribution in [2.75, 3.05) is 31.1 Å². The first-order chi connectivity index (χ1) is 15.4. The number of pyridine rings is 1. The molecule has 1 fully saturated rings. The monoisotopic (exact) mass is 451 g/mol. The number of nitrogens with one attached hydrogen (secondary N) is 1. The molecule has 4 rings (SSSR count). The SMILES string of the molecule is Cc1ccc(N2CCN(C(=O)c3cc(=O)c(OCc4ccccc4Cl)c[nH]3)CC2)c(C)c1. The average molecular weight is 452 g/mol. The van der Waals surface area contributed by atoms with E-state index >= 15 is 0 Å². The van der Waals surface area contributed by atoms with E-state index in [-0.39, 0.29) is 29.4 Å². The average Bonchev–Trinajstić information content (AvgIpc) is 2.79. The summed E-state index contributed by atoms with van der Waals surface area (Å²) in [5.41, 5.74) is 4.39. The predicted molar refractivity (Wildman–Crippen MR) is 127 cm³/mol. The molecule has 1 N–H and O–H groups in total. The van der Waals surface area contributed by atoms with E-state index in [9.17, 15) is 9.59 Å². The zero-order valence-electron chi connectivity index (χ0n) is 18.2. The zero-order valence-corrected chi connectivity index (χ0v) is 19.0. The lowest BCUT2D eigenvalue weighted by Gasteiger charge is -2.36. The molecule has 166 valence electrons. The molecular formula is C25H26ClN3O3. The van der Waals surface area contributed by atoms with Crippen molar-refractivity contribution < 1.29 is 9.53 Å². The molecule has 0 bridgehead atoms. The maximum Gasteiger partial charge on any atom is 0.270 e. The number of aryl methyl sites for hydroxylation is 2. The Morgan fingerprint density at radius 2 is 1.81 bits per heavy atom. The van der Waals surface area contributed by atoms with Crippen LogP contribution in [0.1, 0.15) is 27.2 Å². The zero-order chi connectivity index (χ0) is 22.7. The van der Waals surface area contributed by atoms with E-state index in [0.717, 1.165) is 18.7 Å². The predicted octanol–water partition coefficient (Wildman–Crippen LogP) is 4.19. The number of carbonyl (C=O) groups excluding carboxylic acids is 1. The van der Waals surface area contributed by atoms with Crippen molar-refractivity contribution >= 4 is 23.2 Å². The van der Waals surface area contributed by atoms with Gasteiger partial charge < -0.3 is 19.5 Å². The number of anilines is 1. The van der Waals surface area contributed by atoms with Gasteiger partial charge in [0.1, 0.15) is 12.3 Å². The van der Waals surface area contributed by atoms with Gasteiger partial charge in [0.25, 0.3) is 5.91 Å². The molecule has 1 saturated heterocycles. The van der Waals surface area contributed by atoms with Crippen LogP contribution >= 0.6 is 11.6 Å². The third-order valence-corrected chi connectivity index (χ3v) is 6.08. The van der Waals surface area contributed by atoms with Crippen LogP contribution in [-0.2, 0) is 6.61 Å². The summed E-state index contributed by atoms with van der Waals surface area (Å²) in [5.74, 6) is -0.0267. The number of nitrogens with zero attached hydrogens (tertiary/aromatic N) is 2. The van der Waals surface area contributed by atoms with Crippen molar-refractivity contribution in [2.24, 2.45) is 0 Å². The lowest BCUT2D eigenvalue weighted by atomic mass is 10.1. The molecule has 0 saturated carbocycles. The van der Waals surface area contributed by atoms with E-state index in [1.54, 1.807) is 11.0 Å². The number of aromatic amines is 1. The summed E-state index contributed by atoms with van der Waals surface area (Å²) in [6.45, 7) is 7.06. The second-order valence-corrected chi connectivity index (χ2v) is 8.43. The number of hydrogen-bond donors (Lipinski definition) is 1. The maximum atomic E-state index is 12.9. The van der Waals surface area contributed by atoms with Gasteiger partial charge in [-0.3, -0.25) is 9.59 Å². The Balaban J connectivity index is 1.38. The molecule has 2 heterocycles. The van der Waals surface area contributed by atoms with E-state index in [2.05, 4.69) is 41.9 Å². The molecule has 1 aliphatic rings. The van der Waals surface area contributed by atoms with Gasteiger partial charge >= 0.3 is 0 Å². The Hall–Kier alpha value is -3.25. The minimum Gasteiger partial charge on any atom is -0.483 e. The van der Waals surface area contributed by atoms with Crippen molar-refractivity contribution in [1.29, 1.82) is 0 Å². The van der Waals surface area contributed by atoms with Gasteiger partial charge in [0.15, 0.2) is 5.75 Å². The second-order valence-electron chi connectivity index (χ2n) is 8.02. The summed E-state index contributed by atoms with van der Waals surface area (Å²) in [5, 5.41) is 0.579. The summed E-state index contributed by atoms with van der Waals surface area (Å²) in [7, 11) is 0. The van der Waals surface area contributed by atoms with Gasteiger partial charge in [0.05, 0.1) is 0 Å². The normalized spacial score (nSPS) is 13.8. The van der Waals surface area contributed by atoms with Crippen LogP contribution in [0.15, 0.2) is 59.5 Å². The van der Waals surface area contributed by atoms with E-state index in [4.69, 9.17) is 16.3 Å². The first-order valence-electron chi connectivity index (χ1n) is 10.6. The number of halogens is 1. The smallest absolute Gasteiger partial charge is 0.270 e. The summed E-state index contributed by atoms with van der Waals surface area (Å²) in [6, 6.07) is 15.0. The molecule has 1 aromatic heterocycles. The number of rotatable bonds is 5. The number of carbonyl (C=O) groups is 1. The second kappa shape index (κ2) is 9.49. The van der Waals surface area contributed by atoms with Crippen LogP contribution < -0.4 is 15.1 Å². The number of piperazine rings is 1. The summed E-state index contributed by atoms with van der Waals surface area (Å²) >= 11 is 6.13. The first kappa shape index (κ1) is 22.0. The number of H-pyrrole nitrogens is 1. The van der Waals surface area contributed by atoms with E-state index in [1.165, 1.54) is 29.1 Å². The standard InChI is InChI=1S/C25H26ClN3O3/c1-17-7-8-22(18(2)13-17)28-9-11-29(12-10-28)25(31)21-14-23(30)24(15-27-21)32-16-19-5-3-4-6-20(19)26/h3-8,13-15H,9-12,16H2,1-2H3,(H,27,30). The maximum absolute atomic E-state index is 12.9. The number of aromatic nitrogens is 1. The highest BCUT2D eigenvalue weighted by Gasteiger charge is 2.24. The van der Waals surface area contributed by atoms with Gasteiger partial charge in [-0.2, -0.15) is 0 Å². The minimum absolute atomic E-state index is 0.154. The molecule has 0 unspecified atom stereocenters. The van der Waals surface area contributed by atoms with Crippen LogP contribution in [0.2, 0.25) is 5.02 Å². The molecule has 0 aliphatic carbocycles. The molecule has 32 heavy (non-hydrogen) atoms. The summed E-state index contributed by atoms with van der Waals surface area (Å²) in [4.78, 5) is 32.4. The van der Waals surface area contributed by atoms with Crippen LogP contribution in [0.5, 0.6) is 5.75 Å². The topological polar surface area (TPSA) is 65.6 Å². The largest absolute Gasteiger partial charge is 0.483 e. The van der Waals surface area contributed by atoms with Crippen LogP contribution in [0, 0.1) is 13.8 Å². The van der Waals surface area contributed by atoms with E-state index in [1.807, 2.05) is 18.2 Å². The quantitative estimate of drug-likeness (QED) is 0.631. The third kappa shape index (κ3) is 4.81. The molecule has 0 atom stereocenters. The van der Waals surface area contributed by atoms with Gasteiger partial charge in [0.2, 0.25) is 5.43 Å². The Labute approximate surface area is 192 Å². The van der Waals surface area contributed by atoms with Gasteiger partial charge in [-0.05, 0) is 31.5 Å². The fourth-order valence-corrected chi connectivity index (χ4v) is 4.14. The molecule has 7 heteroatoms. The molecule has 0 radical (unpaired) electrons. The van der Waals surface area contributed by atoms with Crippen molar-refractivity contribution in [3.05, 3.63) is 92.4 Å². The fourth-order valence-electron chi connectivity index (χ4n) is 3.95. The highest BCUT2D eigenvalue weighted by molar-refractivity contribution is 6.31. The lowest BCUT2D eigenvalue weighted by molar-refractivity contribution is 0.0740. The number of amides is 1. The number of hydrogen-bond acceptors (Lipinski definition) is 4. The van der Waals surface area contributed by atoms with Crippen molar-refractivity contribution in [3.8, 4) is 5.75 Å². The Morgan fingerprint density at radius 1 is 1.06 bits per heavy atom. The minimum atomic E-state index is -0.340. The Bertz CT molecular complexity index is 1180. The Kier molecular flexibility index (Phi) is 6.51. The van der Waals surface area contributed by atoms with Gasteiger partial charge in [0, 0.05) is 54.7 Å². The highest BCUT2D eigenvalue weighted by atomic mass is 35.5. The van der Waals surface area contributed by atoms with Crippen molar-refractivity contribution in [1.82, 2.24) is 9.88 Å². The van der Waals surface area contributed by atoms with Gasteiger partial charge in [-0.15, -0.1) is 0 Å². The Morgan fingerprint density at radius 3 is 2.50 bits per heavy atom. The van der Waals surface area contributed by atoms with Crippen molar-refractivity contribution in [3.63, 3.8) is 0 Å². The molecule has 1 amide bonds. The molecule has 0 spiro atoms. The van der Waals surface area contributed by atoms with Crippen LogP contribution in [0.3, 0.4) is 0 Å². The third-order valence-electron chi connectivity index (χ3n) is 5.71. The van der Waals surface area contributed by atoms with E-state index in [0.29, 0.717) is 18.1 Å². The van der Waals surface area contributed by atoms with Crippen LogP contribution in [-0.4, -0.2) is 42.0 Å². The van der Waals surface area contributed by atoms with E-state index < -0.39 is 0 Å². The fraction of sp³-hybridized carbons (Fsp3) is 0.280. The highest BCUT2D eigenvalue weighted by Crippen LogP contribution is 2.23. The molecule has 2 aromatic carbocycles. The molecule has 3 aromatic rings. The first-order valence-corrected chi connectivity index (χ1v) is 11.0. The van der Waals surface area contributed by atoms with Crippen LogP contribution in [0.25, 0.3) is 0 Å². The number of benzene rings is 2. The molecule has 6 nitrogen and oxygen atoms in total. The van der Waals surface area contributed by atoms with Crippen molar-refractivity contribution in [2.45, 2.75) is 20.5 Å². The van der Waals surface area contributed by atoms with Crippen LogP contribution in [0.4, 0.5) is 5.69 Å². The summed E-state index contributed by atoms with van der Waals surface area (Å²) < 4.78 is 5.61.